The van der Waals surface area contributed by atoms with Crippen LogP contribution in [0.15, 0.2) is 76.7 Å². The van der Waals surface area contributed by atoms with Crippen LogP contribution in [0.5, 0.6) is 5.88 Å². The molecule has 9 nitrogen and oxygen atoms in total. The second-order valence-electron chi connectivity index (χ2n) is 8.33. The second-order valence-corrected chi connectivity index (χ2v) is 10.7. The van der Waals surface area contributed by atoms with E-state index in [1.54, 1.807) is 30.3 Å². The number of likely N-dealkylation sites (N-methyl/N-ethyl adjacent to an activating group) is 1. The fraction of sp³-hybridized carbons (Fsp3) is 0.160. The van der Waals surface area contributed by atoms with Crippen LogP contribution in [0.3, 0.4) is 0 Å². The molecule has 1 amide bonds. The van der Waals surface area contributed by atoms with Gasteiger partial charge in [-0.25, -0.2) is 17.8 Å². The Morgan fingerprint density at radius 3 is 2.26 bits per heavy atom. The van der Waals surface area contributed by atoms with Crippen molar-refractivity contribution in [2.45, 2.75) is 23.4 Å². The van der Waals surface area contributed by atoms with Crippen molar-refractivity contribution in [2.24, 2.45) is 0 Å². The molecule has 0 aliphatic rings. The molecule has 0 aliphatic carbocycles. The molecular formula is C25H20ClF3N4O5S. The number of amides is 1. The van der Waals surface area contributed by atoms with Gasteiger partial charge in [-0.1, -0.05) is 23.7 Å². The average Bonchev–Trinajstić information content (AvgIpc) is 3.12. The molecule has 0 spiro atoms. The molecule has 2 aromatic carbocycles. The van der Waals surface area contributed by atoms with Crippen molar-refractivity contribution in [1.29, 1.82) is 0 Å². The molecule has 0 bridgehead atoms. The van der Waals surface area contributed by atoms with Gasteiger partial charge in [0.1, 0.15) is 6.04 Å². The summed E-state index contributed by atoms with van der Waals surface area (Å²) < 4.78 is 64.0. The number of pyridine rings is 1. The predicted octanol–water partition coefficient (Wildman–Crippen LogP) is 4.00. The van der Waals surface area contributed by atoms with Crippen molar-refractivity contribution in [3.8, 4) is 22.7 Å². The number of nitrogens with zero attached hydrogens (tertiary/aromatic N) is 3. The van der Waals surface area contributed by atoms with Crippen molar-refractivity contribution in [3.05, 3.63) is 93.8 Å². The molecule has 4 aromatic rings. The maximum absolute atomic E-state index is 13.6. The molecule has 39 heavy (non-hydrogen) atoms. The van der Waals surface area contributed by atoms with E-state index in [-0.39, 0.29) is 11.4 Å². The van der Waals surface area contributed by atoms with E-state index in [1.165, 1.54) is 26.4 Å². The van der Waals surface area contributed by atoms with E-state index in [0.29, 0.717) is 33.8 Å². The molecule has 1 unspecified atom stereocenters. The highest BCUT2D eigenvalue weighted by molar-refractivity contribution is 7.92. The maximum Gasteiger partial charge on any atom is 0.501 e. The zero-order valence-corrected chi connectivity index (χ0v) is 21.8. The van der Waals surface area contributed by atoms with Crippen molar-refractivity contribution < 1.29 is 31.5 Å². The number of hydrogen-bond donors (Lipinski definition) is 2. The number of carbonyl (C=O) groups excluding carboxylic acids is 1. The lowest BCUT2D eigenvalue weighted by atomic mass is 9.96. The summed E-state index contributed by atoms with van der Waals surface area (Å²) >= 11 is 6.00. The summed E-state index contributed by atoms with van der Waals surface area (Å²) in [6, 6.07) is 10.2. The Morgan fingerprint density at radius 2 is 1.69 bits per heavy atom. The number of benzene rings is 2. The number of rotatable bonds is 6. The number of nitrogens with one attached hydrogen (secondary N) is 1. The van der Waals surface area contributed by atoms with Crippen molar-refractivity contribution in [2.75, 3.05) is 7.05 Å². The molecule has 0 aliphatic heterocycles. The molecular weight excluding hydrogens is 561 g/mol. The number of sulfone groups is 1. The zero-order valence-electron chi connectivity index (χ0n) is 20.3. The van der Waals surface area contributed by atoms with E-state index in [4.69, 9.17) is 11.6 Å². The highest BCUT2D eigenvalue weighted by Crippen LogP contribution is 2.34. The van der Waals surface area contributed by atoms with Gasteiger partial charge < -0.3 is 10.4 Å². The Labute approximate surface area is 225 Å². The molecule has 1 atom stereocenters. The minimum atomic E-state index is -5.62. The zero-order chi connectivity index (χ0) is 28.7. The highest BCUT2D eigenvalue weighted by Gasteiger charge is 2.46. The summed E-state index contributed by atoms with van der Waals surface area (Å²) in [5.41, 5.74) is -5.05. The van der Waals surface area contributed by atoms with Gasteiger partial charge in [-0.3, -0.25) is 14.3 Å². The van der Waals surface area contributed by atoms with Gasteiger partial charge in [0, 0.05) is 30.0 Å². The van der Waals surface area contributed by atoms with Crippen LogP contribution < -0.4 is 11.0 Å². The first kappa shape index (κ1) is 27.9. The molecule has 2 N–H and O–H groups in total. The van der Waals surface area contributed by atoms with Crippen LogP contribution in [-0.4, -0.2) is 46.1 Å². The highest BCUT2D eigenvalue weighted by atomic mass is 35.5. The third-order valence-corrected chi connectivity index (χ3v) is 7.82. The topological polar surface area (TPSA) is 123 Å². The van der Waals surface area contributed by atoms with Gasteiger partial charge >= 0.3 is 11.2 Å². The van der Waals surface area contributed by atoms with E-state index in [0.717, 1.165) is 21.3 Å². The average molecular weight is 581 g/mol. The third-order valence-electron chi connectivity index (χ3n) is 6.06. The van der Waals surface area contributed by atoms with Crippen LogP contribution >= 0.6 is 11.6 Å². The van der Waals surface area contributed by atoms with E-state index in [1.807, 2.05) is 0 Å². The third kappa shape index (κ3) is 4.90. The number of imidazole rings is 1. The number of halogens is 4. The van der Waals surface area contributed by atoms with Gasteiger partial charge in [-0.05, 0) is 60.5 Å². The van der Waals surface area contributed by atoms with Crippen molar-refractivity contribution >= 4 is 27.3 Å². The predicted molar refractivity (Wildman–Crippen MR) is 137 cm³/mol. The van der Waals surface area contributed by atoms with Gasteiger partial charge in [-0.2, -0.15) is 13.2 Å². The first-order chi connectivity index (χ1) is 18.3. The monoisotopic (exact) mass is 580 g/mol. The van der Waals surface area contributed by atoms with Crippen LogP contribution in [0.25, 0.3) is 16.8 Å². The van der Waals surface area contributed by atoms with Gasteiger partial charge in [0.15, 0.2) is 0 Å². The van der Waals surface area contributed by atoms with Gasteiger partial charge in [0.2, 0.25) is 11.8 Å². The number of carbonyl (C=O) groups is 1. The Morgan fingerprint density at radius 1 is 1.08 bits per heavy atom. The number of aromatic hydroxyl groups is 1. The van der Waals surface area contributed by atoms with Gasteiger partial charge in [-0.15, -0.1) is 0 Å². The Balaban J connectivity index is 1.90. The molecule has 0 radical (unpaired) electrons. The molecule has 2 heterocycles. The molecule has 0 saturated heterocycles. The molecule has 0 fully saturated rings. The SMILES string of the molecule is CNC(=O)C(c1ccncc1-c1ccc(Cl)cc1)n1c(C)c(O)n(-c2ccc(S(=O)(=O)C(F)(F)F)cc2)c1=O. The minimum Gasteiger partial charge on any atom is -0.493 e. The molecule has 0 saturated carbocycles. The largest absolute Gasteiger partial charge is 0.501 e. The van der Waals surface area contributed by atoms with Crippen LogP contribution in [0.4, 0.5) is 13.2 Å². The minimum absolute atomic E-state index is 0.0283. The first-order valence-corrected chi connectivity index (χ1v) is 13.0. The quantitative estimate of drug-likeness (QED) is 0.355. The normalized spacial score (nSPS) is 12.8. The Hall–Kier alpha value is -4.10. The van der Waals surface area contributed by atoms with Crippen molar-refractivity contribution in [3.63, 3.8) is 0 Å². The molecule has 204 valence electrons. The van der Waals surface area contributed by atoms with E-state index in [2.05, 4.69) is 10.3 Å². The fourth-order valence-corrected chi connectivity index (χ4v) is 4.99. The van der Waals surface area contributed by atoms with Crippen LogP contribution in [0.2, 0.25) is 5.02 Å². The van der Waals surface area contributed by atoms with Crippen LogP contribution in [0, 0.1) is 6.92 Å². The van der Waals surface area contributed by atoms with E-state index >= 15 is 0 Å². The lowest BCUT2D eigenvalue weighted by Crippen LogP contribution is -2.37. The summed E-state index contributed by atoms with van der Waals surface area (Å²) in [5, 5.41) is 13.9. The van der Waals surface area contributed by atoms with E-state index in [9.17, 15) is 36.3 Å². The smallest absolute Gasteiger partial charge is 0.493 e. The fourth-order valence-electron chi connectivity index (χ4n) is 4.10. The van der Waals surface area contributed by atoms with Crippen LogP contribution in [0.1, 0.15) is 17.3 Å². The standard InChI is InChI=1S/C25H20ClF3N4O5S/c1-14-23(35)33(17-7-9-18(10-8-17)39(37,38)25(27,28)29)24(36)32(14)21(22(34)30-2)19-11-12-31-13-20(19)15-3-5-16(26)6-4-15/h3-13,21,35H,1-2H3,(H,30,34). The number of alkyl halides is 3. The first-order valence-electron chi connectivity index (χ1n) is 11.2. The summed E-state index contributed by atoms with van der Waals surface area (Å²) in [5.74, 6) is -1.20. The second kappa shape index (κ2) is 10.2. The number of hydrogen-bond acceptors (Lipinski definition) is 6. The van der Waals surface area contributed by atoms with Crippen molar-refractivity contribution in [1.82, 2.24) is 19.4 Å². The Bertz CT molecular complexity index is 1710. The lowest BCUT2D eigenvalue weighted by molar-refractivity contribution is -0.122. The summed E-state index contributed by atoms with van der Waals surface area (Å²) in [6.45, 7) is 1.38. The molecule has 14 heteroatoms. The molecule has 4 rings (SSSR count). The Kier molecular flexibility index (Phi) is 7.32. The van der Waals surface area contributed by atoms with Crippen LogP contribution in [-0.2, 0) is 14.6 Å². The van der Waals surface area contributed by atoms with Gasteiger partial charge in [0.05, 0.1) is 16.3 Å². The number of aromatic nitrogens is 3. The van der Waals surface area contributed by atoms with E-state index < -0.39 is 43.8 Å². The molecule has 2 aromatic heterocycles. The van der Waals surface area contributed by atoms with Gasteiger partial charge in [0.25, 0.3) is 9.84 Å². The maximum atomic E-state index is 13.6. The summed E-state index contributed by atoms with van der Waals surface area (Å²) in [4.78, 5) is 29.9. The summed E-state index contributed by atoms with van der Waals surface area (Å²) in [7, 11) is -4.25. The summed E-state index contributed by atoms with van der Waals surface area (Å²) in [6.07, 6.45) is 2.94. The lowest BCUT2D eigenvalue weighted by Gasteiger charge is -2.21.